The van der Waals surface area contributed by atoms with E-state index in [0.29, 0.717) is 29.6 Å². The molecule has 0 amide bonds. The van der Waals surface area contributed by atoms with Gasteiger partial charge in [-0.25, -0.2) is 25.3 Å². The Bertz CT molecular complexity index is 1430. The van der Waals surface area contributed by atoms with Crippen LogP contribution >= 0.6 is 0 Å². The van der Waals surface area contributed by atoms with Crippen LogP contribution in [0.5, 0.6) is 0 Å². The van der Waals surface area contributed by atoms with Crippen molar-refractivity contribution in [3.05, 3.63) is 12.2 Å². The van der Waals surface area contributed by atoms with E-state index < -0.39 is 60.8 Å². The molecule has 0 aromatic heterocycles. The summed E-state index contributed by atoms with van der Waals surface area (Å²) in [6.07, 6.45) is 3.43. The van der Waals surface area contributed by atoms with E-state index in [0.717, 1.165) is 25.7 Å². The predicted molar refractivity (Wildman–Crippen MR) is 161 cm³/mol. The van der Waals surface area contributed by atoms with Gasteiger partial charge in [0.25, 0.3) is 0 Å². The first-order chi connectivity index (χ1) is 20.4. The molecule has 0 saturated heterocycles. The normalized spacial score (nSPS) is 37.6. The van der Waals surface area contributed by atoms with Crippen molar-refractivity contribution in [1.82, 2.24) is 0 Å². The zero-order chi connectivity index (χ0) is 33.9. The summed E-state index contributed by atoms with van der Waals surface area (Å²) in [5, 5.41) is 0. The molecule has 0 aromatic carbocycles. The molecule has 0 aliphatic heterocycles. The molecule has 11 atom stereocenters. The van der Waals surface area contributed by atoms with Crippen molar-refractivity contribution < 1.29 is 140 Å². The van der Waals surface area contributed by atoms with Crippen LogP contribution in [0.1, 0.15) is 93.4 Å². The first kappa shape index (κ1) is 48.4. The summed E-state index contributed by atoms with van der Waals surface area (Å²) in [6.45, 7) is 15.3. The molecule has 4 fully saturated rings. The van der Waals surface area contributed by atoms with Crippen molar-refractivity contribution in [3.63, 3.8) is 0 Å². The standard InChI is InChI=1S/C30H52O12S3.3Na/c1-17(2)20(18(3)4)9-8-19(5)22-10-11-23-21-14-26(40-43(31,32)33)25-15-27(41-44(34,35)36)28(42-45(37,38)39)16-30(25,7)24(21)12-13-29(22,23)6;;;/h8-9,17-28H,10-16H2,1-7H3,(H,31,32,33)(H,34,35,36)(H,37,38,39);;;/q;3*+1/p-3/b9-8-;;;/t19-,21+,22-,23+,24+,25?,26+,27+,28+,29-,30-;;;/m1.../s1. The molecule has 1 unspecified atom stereocenters. The van der Waals surface area contributed by atoms with Crippen LogP contribution in [0.4, 0.5) is 0 Å². The van der Waals surface area contributed by atoms with Crippen LogP contribution in [0.15, 0.2) is 12.2 Å². The Morgan fingerprint density at radius 2 is 1.10 bits per heavy atom. The molecular formula is C30H49Na3O12S3. The van der Waals surface area contributed by atoms with E-state index in [9.17, 15) is 38.9 Å². The van der Waals surface area contributed by atoms with Crippen molar-refractivity contribution in [3.8, 4) is 0 Å². The number of hydrogen-bond acceptors (Lipinski definition) is 12. The summed E-state index contributed by atoms with van der Waals surface area (Å²) >= 11 is 0. The molecule has 0 bridgehead atoms. The predicted octanol–water partition coefficient (Wildman–Crippen LogP) is -4.47. The average molecular weight is 767 g/mol. The molecular weight excluding hydrogens is 717 g/mol. The van der Waals surface area contributed by atoms with Gasteiger partial charge < -0.3 is 13.7 Å². The second kappa shape index (κ2) is 17.9. The van der Waals surface area contributed by atoms with Crippen LogP contribution in [0, 0.1) is 64.1 Å². The second-order valence-electron chi connectivity index (χ2n) is 15.3. The van der Waals surface area contributed by atoms with Crippen LogP contribution in [0.2, 0.25) is 0 Å². The molecule has 18 heteroatoms. The molecule has 0 heterocycles. The molecule has 4 aliphatic rings. The molecule has 4 aliphatic carbocycles. The van der Waals surface area contributed by atoms with Gasteiger partial charge in [-0.15, -0.1) is 0 Å². The zero-order valence-corrected chi connectivity index (χ0v) is 38.6. The Kier molecular flexibility index (Phi) is 18.0. The third-order valence-electron chi connectivity index (χ3n) is 12.2. The maximum Gasteiger partial charge on any atom is 1.00 e. The van der Waals surface area contributed by atoms with Gasteiger partial charge >= 0.3 is 88.7 Å². The second-order valence-corrected chi connectivity index (χ2v) is 18.4. The fraction of sp³-hybridized carbons (Fsp3) is 0.933. The van der Waals surface area contributed by atoms with Crippen molar-refractivity contribution in [2.24, 2.45) is 64.1 Å². The number of fused-ring (bicyclic) bond motifs is 5. The van der Waals surface area contributed by atoms with Crippen LogP contribution in [-0.2, 0) is 43.7 Å². The minimum absolute atomic E-state index is 0. The van der Waals surface area contributed by atoms with E-state index in [-0.39, 0.29) is 131 Å². The quantitative estimate of drug-likeness (QED) is 0.0848. The third kappa shape index (κ3) is 11.2. The molecule has 4 saturated carbocycles. The number of hydrogen-bond donors (Lipinski definition) is 0. The summed E-state index contributed by atoms with van der Waals surface area (Å²) in [4.78, 5) is 0. The van der Waals surface area contributed by atoms with Crippen LogP contribution < -0.4 is 88.7 Å². The SMILES string of the molecule is CC(C)C(/C=C\[C@@H](C)[C@H]1CC[C@H]2[C@@H]3C[C@H](OS(=O)(=O)[O-])C4C[C@H](OS(=O)(=O)[O-])[C@@H](OS(=O)(=O)[O-])C[C@]4(C)[C@H]3CC[C@]12C)C(C)C.[Na+].[Na+].[Na+]. The van der Waals surface area contributed by atoms with Gasteiger partial charge in [0.1, 0.15) is 12.2 Å². The molecule has 262 valence electrons. The van der Waals surface area contributed by atoms with Crippen LogP contribution in [-0.4, -0.2) is 57.2 Å². The average Bonchev–Trinajstić information content (AvgIpc) is 3.19. The van der Waals surface area contributed by atoms with Gasteiger partial charge in [0.05, 0.1) is 6.10 Å². The van der Waals surface area contributed by atoms with Crippen molar-refractivity contribution in [1.29, 1.82) is 0 Å². The molecule has 0 aromatic rings. The minimum atomic E-state index is -5.35. The summed E-state index contributed by atoms with van der Waals surface area (Å²) in [5.41, 5.74) is -0.988. The largest absolute Gasteiger partial charge is 1.00 e. The Balaban J connectivity index is 0.00000384. The molecule has 48 heavy (non-hydrogen) atoms. The fourth-order valence-corrected chi connectivity index (χ4v) is 12.1. The first-order valence-corrected chi connectivity index (χ1v) is 20.1. The number of rotatable bonds is 11. The fourth-order valence-electron chi connectivity index (χ4n) is 10.6. The van der Waals surface area contributed by atoms with E-state index in [1.165, 1.54) is 0 Å². The summed E-state index contributed by atoms with van der Waals surface area (Å²) < 4.78 is 120. The Morgan fingerprint density at radius 1 is 0.625 bits per heavy atom. The number of allylic oxidation sites excluding steroid dienone is 2. The summed E-state index contributed by atoms with van der Waals surface area (Å²) in [6, 6.07) is 0. The van der Waals surface area contributed by atoms with Gasteiger partial charge in [-0.3, -0.25) is 12.5 Å². The minimum Gasteiger partial charge on any atom is -0.726 e. The maximum absolute atomic E-state index is 11.9. The Labute approximate surface area is 355 Å². The molecule has 12 nitrogen and oxygen atoms in total. The van der Waals surface area contributed by atoms with Gasteiger partial charge in [0.15, 0.2) is 0 Å². The maximum atomic E-state index is 11.9. The Morgan fingerprint density at radius 3 is 1.60 bits per heavy atom. The first-order valence-electron chi connectivity index (χ1n) is 16.1. The summed E-state index contributed by atoms with van der Waals surface area (Å²) in [5.74, 6) is 1.38. The molecule has 0 radical (unpaired) electrons. The van der Waals surface area contributed by atoms with Gasteiger partial charge in [0.2, 0.25) is 31.2 Å². The summed E-state index contributed by atoms with van der Waals surface area (Å²) in [7, 11) is -15.9. The van der Waals surface area contributed by atoms with Crippen molar-refractivity contribution in [2.45, 2.75) is 112 Å². The van der Waals surface area contributed by atoms with Crippen molar-refractivity contribution >= 4 is 31.2 Å². The molecule has 0 N–H and O–H groups in total. The molecule has 0 spiro atoms. The van der Waals surface area contributed by atoms with E-state index >= 15 is 0 Å². The zero-order valence-electron chi connectivity index (χ0n) is 30.2. The van der Waals surface area contributed by atoms with Crippen LogP contribution in [0.3, 0.4) is 0 Å². The molecule has 4 rings (SSSR count). The Hall–Kier alpha value is 2.35. The monoisotopic (exact) mass is 766 g/mol. The van der Waals surface area contributed by atoms with Crippen LogP contribution in [0.25, 0.3) is 0 Å². The smallest absolute Gasteiger partial charge is 0.726 e. The van der Waals surface area contributed by atoms with E-state index in [1.807, 2.05) is 6.92 Å². The van der Waals surface area contributed by atoms with Gasteiger partial charge in [-0.05, 0) is 109 Å². The van der Waals surface area contributed by atoms with Gasteiger partial charge in [-0.1, -0.05) is 60.6 Å². The third-order valence-corrected chi connectivity index (χ3v) is 13.7. The van der Waals surface area contributed by atoms with Crippen molar-refractivity contribution in [2.75, 3.05) is 0 Å². The van der Waals surface area contributed by atoms with Gasteiger partial charge in [0, 0.05) is 0 Å². The topological polar surface area (TPSA) is 199 Å². The van der Waals surface area contributed by atoms with Gasteiger partial charge in [-0.2, -0.15) is 0 Å². The van der Waals surface area contributed by atoms with E-state index in [1.54, 1.807) is 0 Å². The van der Waals surface area contributed by atoms with E-state index in [4.69, 9.17) is 8.37 Å². The van der Waals surface area contributed by atoms with E-state index in [2.05, 4.69) is 57.9 Å².